The first kappa shape index (κ1) is 14.2. The molecule has 5 heteroatoms. The number of rotatable bonds is 5. The second kappa shape index (κ2) is 7.51. The van der Waals surface area contributed by atoms with Crippen LogP contribution < -0.4 is 5.32 Å². The fourth-order valence-corrected chi connectivity index (χ4v) is 1.19. The lowest BCUT2D eigenvalue weighted by Crippen LogP contribution is -2.45. The SMILES string of the molecule is CCCN(CCC)C(=O)NC(=O)C(C)Cl. The van der Waals surface area contributed by atoms with Gasteiger partial charge in [-0.25, -0.2) is 4.79 Å². The van der Waals surface area contributed by atoms with Gasteiger partial charge in [-0.15, -0.1) is 11.6 Å². The third kappa shape index (κ3) is 5.62. The van der Waals surface area contributed by atoms with Gasteiger partial charge >= 0.3 is 6.03 Å². The molecule has 0 rings (SSSR count). The van der Waals surface area contributed by atoms with E-state index >= 15 is 0 Å². The average molecular weight is 235 g/mol. The number of amides is 3. The third-order valence-electron chi connectivity index (χ3n) is 1.87. The Morgan fingerprint density at radius 1 is 1.27 bits per heavy atom. The van der Waals surface area contributed by atoms with Crippen LogP contribution >= 0.6 is 11.6 Å². The van der Waals surface area contributed by atoms with Gasteiger partial charge in [0.15, 0.2) is 0 Å². The summed E-state index contributed by atoms with van der Waals surface area (Å²) in [6, 6.07) is -0.351. The molecule has 1 atom stereocenters. The maximum Gasteiger partial charge on any atom is 0.324 e. The molecule has 4 nitrogen and oxygen atoms in total. The van der Waals surface area contributed by atoms with Crippen molar-refractivity contribution in [1.82, 2.24) is 10.2 Å². The molecule has 0 radical (unpaired) electrons. The summed E-state index contributed by atoms with van der Waals surface area (Å²) in [5.74, 6) is -0.445. The zero-order valence-corrected chi connectivity index (χ0v) is 10.3. The van der Waals surface area contributed by atoms with Crippen LogP contribution in [0.25, 0.3) is 0 Å². The molecule has 0 aliphatic rings. The van der Waals surface area contributed by atoms with Crippen molar-refractivity contribution >= 4 is 23.5 Å². The Morgan fingerprint density at radius 2 is 1.73 bits per heavy atom. The molecule has 0 aliphatic heterocycles. The lowest BCUT2D eigenvalue weighted by Gasteiger charge is -2.21. The van der Waals surface area contributed by atoms with E-state index in [1.807, 2.05) is 13.8 Å². The van der Waals surface area contributed by atoms with Crippen molar-refractivity contribution in [2.45, 2.75) is 39.0 Å². The van der Waals surface area contributed by atoms with E-state index in [2.05, 4.69) is 5.32 Å². The zero-order chi connectivity index (χ0) is 11.8. The molecule has 0 aromatic carbocycles. The van der Waals surface area contributed by atoms with Gasteiger partial charge in [-0.1, -0.05) is 13.8 Å². The molecular formula is C10H19ClN2O2. The minimum Gasteiger partial charge on any atom is -0.324 e. The van der Waals surface area contributed by atoms with Crippen molar-refractivity contribution in [2.24, 2.45) is 0 Å². The molecule has 0 saturated carbocycles. The maximum atomic E-state index is 11.6. The molecule has 1 N–H and O–H groups in total. The quantitative estimate of drug-likeness (QED) is 0.740. The van der Waals surface area contributed by atoms with Gasteiger partial charge < -0.3 is 4.90 Å². The monoisotopic (exact) mass is 234 g/mol. The van der Waals surface area contributed by atoms with Gasteiger partial charge in [0.1, 0.15) is 5.38 Å². The predicted molar refractivity (Wildman–Crippen MR) is 61.0 cm³/mol. The van der Waals surface area contributed by atoms with Crippen LogP contribution in [0, 0.1) is 0 Å². The third-order valence-corrected chi connectivity index (χ3v) is 2.06. The number of hydrogen-bond donors (Lipinski definition) is 1. The minimum atomic E-state index is -0.681. The van der Waals surface area contributed by atoms with Gasteiger partial charge in [-0.2, -0.15) is 0 Å². The first-order valence-corrected chi connectivity index (χ1v) is 5.70. The first-order valence-electron chi connectivity index (χ1n) is 5.26. The molecular weight excluding hydrogens is 216 g/mol. The van der Waals surface area contributed by atoms with Crippen molar-refractivity contribution in [3.63, 3.8) is 0 Å². The van der Waals surface area contributed by atoms with Crippen LogP contribution in [-0.4, -0.2) is 35.3 Å². The lowest BCUT2D eigenvalue weighted by molar-refractivity contribution is -0.119. The summed E-state index contributed by atoms with van der Waals surface area (Å²) in [7, 11) is 0. The van der Waals surface area contributed by atoms with E-state index in [4.69, 9.17) is 11.6 Å². The molecule has 0 aromatic rings. The molecule has 88 valence electrons. The molecule has 1 unspecified atom stereocenters. The zero-order valence-electron chi connectivity index (χ0n) is 9.55. The standard InChI is InChI=1S/C10H19ClN2O2/c1-4-6-13(7-5-2)10(15)12-9(14)8(3)11/h8H,4-7H2,1-3H3,(H,12,14,15). The van der Waals surface area contributed by atoms with Gasteiger partial charge in [-0.3, -0.25) is 10.1 Å². The number of alkyl halides is 1. The molecule has 0 aliphatic carbocycles. The Kier molecular flexibility index (Phi) is 7.13. The highest BCUT2D eigenvalue weighted by atomic mass is 35.5. The Labute approximate surface area is 96.0 Å². The second-order valence-electron chi connectivity index (χ2n) is 3.40. The predicted octanol–water partition coefficient (Wildman–Crippen LogP) is 1.97. The van der Waals surface area contributed by atoms with Crippen LogP contribution in [0.1, 0.15) is 33.6 Å². The van der Waals surface area contributed by atoms with Crippen LogP contribution in [0.4, 0.5) is 4.79 Å². The highest BCUT2D eigenvalue weighted by Gasteiger charge is 2.17. The van der Waals surface area contributed by atoms with Crippen molar-refractivity contribution < 1.29 is 9.59 Å². The summed E-state index contributed by atoms with van der Waals surface area (Å²) < 4.78 is 0. The van der Waals surface area contributed by atoms with Crippen molar-refractivity contribution in [3.05, 3.63) is 0 Å². The largest absolute Gasteiger partial charge is 0.324 e. The Bertz CT molecular complexity index is 213. The topological polar surface area (TPSA) is 49.4 Å². The number of carbonyl (C=O) groups excluding carboxylic acids is 2. The number of nitrogens with one attached hydrogen (secondary N) is 1. The lowest BCUT2D eigenvalue weighted by atomic mass is 10.3. The Hall–Kier alpha value is -0.770. The van der Waals surface area contributed by atoms with Gasteiger partial charge in [0.25, 0.3) is 0 Å². The summed E-state index contributed by atoms with van der Waals surface area (Å²) in [5.41, 5.74) is 0. The van der Waals surface area contributed by atoms with Gasteiger partial charge in [0.2, 0.25) is 5.91 Å². The summed E-state index contributed by atoms with van der Waals surface area (Å²) in [6.45, 7) is 6.82. The highest BCUT2D eigenvalue weighted by molar-refractivity contribution is 6.31. The first-order chi connectivity index (χ1) is 7.02. The summed E-state index contributed by atoms with van der Waals surface area (Å²) in [6.07, 6.45) is 1.75. The van der Waals surface area contributed by atoms with Crippen molar-refractivity contribution in [1.29, 1.82) is 0 Å². The van der Waals surface area contributed by atoms with E-state index in [9.17, 15) is 9.59 Å². The smallest absolute Gasteiger partial charge is 0.324 e. The second-order valence-corrected chi connectivity index (χ2v) is 4.05. The summed E-state index contributed by atoms with van der Waals surface area (Å²) >= 11 is 5.55. The van der Waals surface area contributed by atoms with E-state index in [1.165, 1.54) is 6.92 Å². The molecule has 15 heavy (non-hydrogen) atoms. The van der Waals surface area contributed by atoms with Crippen molar-refractivity contribution in [2.75, 3.05) is 13.1 Å². The van der Waals surface area contributed by atoms with E-state index in [-0.39, 0.29) is 6.03 Å². The van der Waals surface area contributed by atoms with E-state index in [0.29, 0.717) is 13.1 Å². The molecule has 0 heterocycles. The summed E-state index contributed by atoms with van der Waals surface area (Å²) in [4.78, 5) is 24.4. The number of nitrogens with zero attached hydrogens (tertiary/aromatic N) is 1. The van der Waals surface area contributed by atoms with E-state index in [0.717, 1.165) is 12.8 Å². The van der Waals surface area contributed by atoms with Crippen LogP contribution in [0.15, 0.2) is 0 Å². The van der Waals surface area contributed by atoms with Crippen LogP contribution in [-0.2, 0) is 4.79 Å². The Balaban J connectivity index is 4.18. The van der Waals surface area contributed by atoms with E-state index in [1.54, 1.807) is 4.90 Å². The molecule has 0 spiro atoms. The molecule has 0 bridgehead atoms. The Morgan fingerprint density at radius 3 is 2.07 bits per heavy atom. The average Bonchev–Trinajstić information content (AvgIpc) is 2.17. The van der Waals surface area contributed by atoms with E-state index < -0.39 is 11.3 Å². The normalized spacial score (nSPS) is 12.0. The number of hydrogen-bond acceptors (Lipinski definition) is 2. The minimum absolute atomic E-state index is 0.351. The number of urea groups is 1. The fraction of sp³-hybridized carbons (Fsp3) is 0.800. The fourth-order valence-electron chi connectivity index (χ4n) is 1.14. The van der Waals surface area contributed by atoms with Gasteiger partial charge in [-0.05, 0) is 19.8 Å². The molecule has 3 amide bonds. The number of imide groups is 1. The molecule has 0 aromatic heterocycles. The van der Waals surface area contributed by atoms with Crippen LogP contribution in [0.2, 0.25) is 0 Å². The maximum absolute atomic E-state index is 11.6. The van der Waals surface area contributed by atoms with Crippen LogP contribution in [0.3, 0.4) is 0 Å². The number of halogens is 1. The number of carbonyl (C=O) groups is 2. The van der Waals surface area contributed by atoms with Gasteiger partial charge in [0, 0.05) is 13.1 Å². The summed E-state index contributed by atoms with van der Waals surface area (Å²) in [5, 5.41) is 1.58. The molecule has 0 saturated heterocycles. The highest BCUT2D eigenvalue weighted by Crippen LogP contribution is 1.97. The van der Waals surface area contributed by atoms with Crippen molar-refractivity contribution in [3.8, 4) is 0 Å². The van der Waals surface area contributed by atoms with Crippen LogP contribution in [0.5, 0.6) is 0 Å². The molecule has 0 fully saturated rings. The van der Waals surface area contributed by atoms with Gasteiger partial charge in [0.05, 0.1) is 0 Å².